The second kappa shape index (κ2) is 5.89. The van der Waals surface area contributed by atoms with Crippen LogP contribution in [0.5, 0.6) is 0 Å². The standard InChI is InChI=1S/C8H12N2O3/c1-3-5-10(6-7(11)12)8(13)9-4-2/h1H,4-6H2,2H3,(H,9,13)(H,11,12). The van der Waals surface area contributed by atoms with E-state index in [1.165, 1.54) is 0 Å². The first kappa shape index (κ1) is 11.3. The van der Waals surface area contributed by atoms with Crippen LogP contribution in [0.15, 0.2) is 0 Å². The van der Waals surface area contributed by atoms with Gasteiger partial charge in [0.1, 0.15) is 6.54 Å². The summed E-state index contributed by atoms with van der Waals surface area (Å²) in [5.74, 6) is 1.13. The Balaban J connectivity index is 4.16. The van der Waals surface area contributed by atoms with E-state index in [-0.39, 0.29) is 13.1 Å². The van der Waals surface area contributed by atoms with Gasteiger partial charge in [-0.15, -0.1) is 6.42 Å². The van der Waals surface area contributed by atoms with Crippen LogP contribution in [0.2, 0.25) is 0 Å². The van der Waals surface area contributed by atoms with Crippen molar-refractivity contribution in [3.8, 4) is 12.3 Å². The molecule has 0 aliphatic heterocycles. The van der Waals surface area contributed by atoms with Gasteiger partial charge in [0.05, 0.1) is 6.54 Å². The summed E-state index contributed by atoms with van der Waals surface area (Å²) in [4.78, 5) is 22.5. The summed E-state index contributed by atoms with van der Waals surface area (Å²) in [6.07, 6.45) is 4.97. The average Bonchev–Trinajstić information content (AvgIpc) is 2.03. The Morgan fingerprint density at radius 2 is 2.23 bits per heavy atom. The zero-order valence-corrected chi connectivity index (χ0v) is 7.41. The highest BCUT2D eigenvalue weighted by atomic mass is 16.4. The number of carboxylic acids is 1. The number of carboxylic acid groups (broad SMARTS) is 1. The highest BCUT2D eigenvalue weighted by Gasteiger charge is 2.13. The Labute approximate surface area is 76.7 Å². The fraction of sp³-hybridized carbons (Fsp3) is 0.500. The molecule has 0 unspecified atom stereocenters. The first-order valence-corrected chi connectivity index (χ1v) is 3.79. The number of rotatable bonds is 4. The molecule has 0 atom stereocenters. The van der Waals surface area contributed by atoms with Crippen LogP contribution < -0.4 is 5.32 Å². The number of amides is 2. The minimum absolute atomic E-state index is 0.00185. The van der Waals surface area contributed by atoms with Gasteiger partial charge in [0.2, 0.25) is 0 Å². The van der Waals surface area contributed by atoms with Crippen LogP contribution in [0, 0.1) is 12.3 Å². The van der Waals surface area contributed by atoms with E-state index >= 15 is 0 Å². The third-order valence-corrected chi connectivity index (χ3v) is 1.22. The van der Waals surface area contributed by atoms with Crippen molar-refractivity contribution in [2.24, 2.45) is 0 Å². The van der Waals surface area contributed by atoms with Crippen molar-refractivity contribution in [2.45, 2.75) is 6.92 Å². The molecule has 2 amide bonds. The molecule has 0 fully saturated rings. The van der Waals surface area contributed by atoms with E-state index < -0.39 is 12.0 Å². The predicted octanol–water partition coefficient (Wildman–Crippen LogP) is -0.264. The molecule has 5 heteroatoms. The molecule has 0 aromatic rings. The van der Waals surface area contributed by atoms with Crippen molar-refractivity contribution in [1.82, 2.24) is 10.2 Å². The van der Waals surface area contributed by atoms with Gasteiger partial charge in [-0.25, -0.2) is 4.79 Å². The van der Waals surface area contributed by atoms with Gasteiger partial charge < -0.3 is 15.3 Å². The van der Waals surface area contributed by atoms with E-state index in [0.29, 0.717) is 6.54 Å². The summed E-state index contributed by atoms with van der Waals surface area (Å²) in [5, 5.41) is 10.9. The maximum Gasteiger partial charge on any atom is 0.323 e. The number of carbonyl (C=O) groups is 2. The molecule has 0 aromatic heterocycles. The lowest BCUT2D eigenvalue weighted by Crippen LogP contribution is -2.42. The van der Waals surface area contributed by atoms with Crippen LogP contribution in [0.3, 0.4) is 0 Å². The van der Waals surface area contributed by atoms with Crippen molar-refractivity contribution in [1.29, 1.82) is 0 Å². The maximum absolute atomic E-state index is 11.1. The third kappa shape index (κ3) is 4.69. The third-order valence-electron chi connectivity index (χ3n) is 1.22. The van der Waals surface area contributed by atoms with Gasteiger partial charge in [-0.05, 0) is 6.92 Å². The maximum atomic E-state index is 11.1. The van der Waals surface area contributed by atoms with Gasteiger partial charge in [0, 0.05) is 6.54 Å². The molecule has 0 aliphatic rings. The van der Waals surface area contributed by atoms with Crippen LogP contribution in [0.4, 0.5) is 4.79 Å². The first-order chi connectivity index (χ1) is 6.11. The first-order valence-electron chi connectivity index (χ1n) is 3.79. The minimum atomic E-state index is -1.08. The van der Waals surface area contributed by atoms with Crippen LogP contribution in [0.1, 0.15) is 6.92 Å². The molecular formula is C8H12N2O3. The van der Waals surface area contributed by atoms with E-state index in [1.54, 1.807) is 6.92 Å². The van der Waals surface area contributed by atoms with Crippen molar-refractivity contribution in [3.05, 3.63) is 0 Å². The van der Waals surface area contributed by atoms with E-state index in [2.05, 4.69) is 11.2 Å². The van der Waals surface area contributed by atoms with E-state index in [1.807, 2.05) is 0 Å². The molecule has 0 spiro atoms. The summed E-state index contributed by atoms with van der Waals surface area (Å²) in [6, 6.07) is -0.456. The fourth-order valence-electron chi connectivity index (χ4n) is 0.736. The summed E-state index contributed by atoms with van der Waals surface area (Å²) >= 11 is 0. The number of aliphatic carboxylic acids is 1. The van der Waals surface area contributed by atoms with E-state index in [9.17, 15) is 9.59 Å². The van der Waals surface area contributed by atoms with Gasteiger partial charge in [-0.3, -0.25) is 4.79 Å². The smallest absolute Gasteiger partial charge is 0.323 e. The monoisotopic (exact) mass is 184 g/mol. The Morgan fingerprint density at radius 1 is 1.62 bits per heavy atom. The largest absolute Gasteiger partial charge is 0.480 e. The molecule has 0 saturated heterocycles. The topological polar surface area (TPSA) is 69.6 Å². The quantitative estimate of drug-likeness (QED) is 0.591. The van der Waals surface area contributed by atoms with Crippen LogP contribution in [-0.4, -0.2) is 41.6 Å². The van der Waals surface area contributed by atoms with Gasteiger partial charge in [-0.2, -0.15) is 0 Å². The molecule has 0 rings (SSSR count). The van der Waals surface area contributed by atoms with Crippen molar-refractivity contribution in [2.75, 3.05) is 19.6 Å². The zero-order chi connectivity index (χ0) is 10.3. The zero-order valence-electron chi connectivity index (χ0n) is 7.41. The molecule has 0 saturated carbocycles. The molecule has 72 valence electrons. The van der Waals surface area contributed by atoms with Crippen LogP contribution in [-0.2, 0) is 4.79 Å². The predicted molar refractivity (Wildman–Crippen MR) is 47.1 cm³/mol. The van der Waals surface area contributed by atoms with Crippen LogP contribution in [0.25, 0.3) is 0 Å². The lowest BCUT2D eigenvalue weighted by Gasteiger charge is -2.17. The highest BCUT2D eigenvalue weighted by Crippen LogP contribution is 1.88. The second-order valence-electron chi connectivity index (χ2n) is 2.29. The SMILES string of the molecule is C#CCN(CC(=O)O)C(=O)NCC. The highest BCUT2D eigenvalue weighted by molar-refractivity contribution is 5.80. The number of carbonyl (C=O) groups excluding carboxylic acids is 1. The molecule has 2 N–H and O–H groups in total. The number of nitrogens with zero attached hydrogens (tertiary/aromatic N) is 1. The lowest BCUT2D eigenvalue weighted by atomic mass is 10.5. The number of urea groups is 1. The molecule has 0 radical (unpaired) electrons. The normalized spacial score (nSPS) is 8.62. The summed E-state index contributed by atoms with van der Waals surface area (Å²) in [7, 11) is 0. The summed E-state index contributed by atoms with van der Waals surface area (Å²) in [6.45, 7) is 1.81. The molecule has 13 heavy (non-hydrogen) atoms. The van der Waals surface area contributed by atoms with Gasteiger partial charge in [0.15, 0.2) is 0 Å². The lowest BCUT2D eigenvalue weighted by molar-refractivity contribution is -0.137. The van der Waals surface area contributed by atoms with Crippen molar-refractivity contribution >= 4 is 12.0 Å². The van der Waals surface area contributed by atoms with E-state index in [4.69, 9.17) is 11.5 Å². The Kier molecular flexibility index (Phi) is 5.12. The number of hydrogen-bond donors (Lipinski definition) is 2. The second-order valence-corrected chi connectivity index (χ2v) is 2.29. The molecule has 0 aliphatic carbocycles. The van der Waals surface area contributed by atoms with Crippen molar-refractivity contribution < 1.29 is 14.7 Å². The Hall–Kier alpha value is -1.70. The Bertz CT molecular complexity index is 232. The van der Waals surface area contributed by atoms with Crippen molar-refractivity contribution in [3.63, 3.8) is 0 Å². The number of terminal acetylenes is 1. The molecule has 5 nitrogen and oxygen atoms in total. The van der Waals surface area contributed by atoms with Crippen LogP contribution >= 0.6 is 0 Å². The van der Waals surface area contributed by atoms with E-state index in [0.717, 1.165) is 4.90 Å². The van der Waals surface area contributed by atoms with Gasteiger partial charge in [-0.1, -0.05) is 5.92 Å². The van der Waals surface area contributed by atoms with Gasteiger partial charge >= 0.3 is 12.0 Å². The Morgan fingerprint density at radius 3 is 2.62 bits per heavy atom. The minimum Gasteiger partial charge on any atom is -0.480 e. The molecule has 0 heterocycles. The summed E-state index contributed by atoms with van der Waals surface area (Å²) < 4.78 is 0. The average molecular weight is 184 g/mol. The van der Waals surface area contributed by atoms with Gasteiger partial charge in [0.25, 0.3) is 0 Å². The summed E-state index contributed by atoms with van der Waals surface area (Å²) in [5.41, 5.74) is 0. The number of hydrogen-bond acceptors (Lipinski definition) is 2. The fourth-order valence-corrected chi connectivity index (χ4v) is 0.736. The molecule has 0 bridgehead atoms. The molecular weight excluding hydrogens is 172 g/mol. The molecule has 0 aromatic carbocycles. The number of nitrogens with one attached hydrogen (secondary N) is 1.